The molecule has 0 unspecified atom stereocenters. The molecule has 0 aromatic rings. The summed E-state index contributed by atoms with van der Waals surface area (Å²) < 4.78 is 0. The van der Waals surface area contributed by atoms with E-state index in [0.717, 1.165) is 11.0 Å². The Kier molecular flexibility index (Phi) is 9.51. The van der Waals surface area contributed by atoms with Crippen LogP contribution < -0.4 is 10.2 Å². The van der Waals surface area contributed by atoms with Crippen LogP contribution in [0.4, 0.5) is 0 Å². The number of aliphatic carboxylic acids is 2. The van der Waals surface area contributed by atoms with Gasteiger partial charge >= 0.3 is 37.7 Å². The minimum absolute atomic E-state index is 0. The molecule has 0 aromatic carbocycles. The molecular formula is C9H11CaNO5. The van der Waals surface area contributed by atoms with E-state index in [4.69, 9.17) is 0 Å². The van der Waals surface area contributed by atoms with Gasteiger partial charge in [0.15, 0.2) is 0 Å². The Balaban J connectivity index is 0. The summed E-state index contributed by atoms with van der Waals surface area (Å²) in [5.74, 6) is -3.49. The molecule has 1 atom stereocenters. The molecule has 0 aliphatic rings. The van der Waals surface area contributed by atoms with Crippen molar-refractivity contribution >= 4 is 55.6 Å². The molecule has 0 aromatic heterocycles. The quantitative estimate of drug-likeness (QED) is 0.368. The number of nitrogens with zero attached hydrogens (tertiary/aromatic N) is 1. The molecule has 0 radical (unpaired) electrons. The standard InChI is InChI=1S/C9H13NO5.Ca/c1-3-7(11)10(2)6(9(14)15)4-5-8(12)13;/h3,6H,1,4-5H2,2H3,(H,12,13)(H,14,15);/q;+2/p-2/t6-;/m0./s1. The summed E-state index contributed by atoms with van der Waals surface area (Å²) in [7, 11) is 1.24. The fourth-order valence-corrected chi connectivity index (χ4v) is 1.02. The summed E-state index contributed by atoms with van der Waals surface area (Å²) in [4.78, 5) is 32.7. The van der Waals surface area contributed by atoms with Crippen molar-refractivity contribution in [3.63, 3.8) is 0 Å². The first kappa shape index (κ1) is 17.8. The Hall–Kier alpha value is -0.590. The minimum atomic E-state index is -1.51. The second-order valence-corrected chi connectivity index (χ2v) is 2.90. The summed E-state index contributed by atoms with van der Waals surface area (Å²) >= 11 is 0. The van der Waals surface area contributed by atoms with E-state index >= 15 is 0 Å². The van der Waals surface area contributed by atoms with E-state index in [1.807, 2.05) is 0 Å². The number of carboxylic acids is 2. The van der Waals surface area contributed by atoms with Crippen molar-refractivity contribution in [1.29, 1.82) is 0 Å². The van der Waals surface area contributed by atoms with Crippen LogP contribution in [0.5, 0.6) is 0 Å². The van der Waals surface area contributed by atoms with Crippen molar-refractivity contribution in [1.82, 2.24) is 4.90 Å². The van der Waals surface area contributed by atoms with Gasteiger partial charge in [-0.15, -0.1) is 0 Å². The van der Waals surface area contributed by atoms with Gasteiger partial charge in [-0.1, -0.05) is 6.58 Å². The van der Waals surface area contributed by atoms with Crippen LogP contribution in [0.3, 0.4) is 0 Å². The van der Waals surface area contributed by atoms with Gasteiger partial charge in [-0.3, -0.25) is 4.79 Å². The molecule has 0 rings (SSSR count). The van der Waals surface area contributed by atoms with Gasteiger partial charge in [0.05, 0.1) is 12.0 Å². The van der Waals surface area contributed by atoms with Gasteiger partial charge in [0.1, 0.15) is 0 Å². The third-order valence-corrected chi connectivity index (χ3v) is 1.88. The Labute approximate surface area is 123 Å². The van der Waals surface area contributed by atoms with Gasteiger partial charge in [-0.05, 0) is 18.9 Å². The van der Waals surface area contributed by atoms with Crippen LogP contribution in [0, 0.1) is 0 Å². The molecule has 7 heteroatoms. The van der Waals surface area contributed by atoms with Gasteiger partial charge in [-0.25, -0.2) is 0 Å². The molecule has 0 N–H and O–H groups in total. The summed E-state index contributed by atoms with van der Waals surface area (Å²) in [6.45, 7) is 3.19. The summed E-state index contributed by atoms with van der Waals surface area (Å²) in [5, 5.41) is 20.8. The van der Waals surface area contributed by atoms with Crippen LogP contribution >= 0.6 is 0 Å². The largest absolute Gasteiger partial charge is 2.00 e. The number of carbonyl (C=O) groups is 3. The predicted molar refractivity (Wildman–Crippen MR) is 51.8 cm³/mol. The van der Waals surface area contributed by atoms with Crippen molar-refractivity contribution < 1.29 is 24.6 Å². The maximum Gasteiger partial charge on any atom is 2.00 e. The van der Waals surface area contributed by atoms with E-state index in [2.05, 4.69) is 6.58 Å². The third kappa shape index (κ3) is 6.09. The van der Waals surface area contributed by atoms with Gasteiger partial charge in [0, 0.05) is 13.0 Å². The minimum Gasteiger partial charge on any atom is -0.550 e. The molecule has 0 saturated heterocycles. The summed E-state index contributed by atoms with van der Waals surface area (Å²) in [6, 6.07) is -1.28. The molecule has 0 heterocycles. The summed E-state index contributed by atoms with van der Waals surface area (Å²) in [6.07, 6.45) is 0.239. The van der Waals surface area contributed by atoms with E-state index in [9.17, 15) is 24.6 Å². The van der Waals surface area contributed by atoms with Crippen LogP contribution in [0.25, 0.3) is 0 Å². The van der Waals surface area contributed by atoms with Crippen molar-refractivity contribution in [2.45, 2.75) is 18.9 Å². The van der Waals surface area contributed by atoms with Gasteiger partial charge < -0.3 is 24.7 Å². The number of carbonyl (C=O) groups excluding carboxylic acids is 3. The monoisotopic (exact) mass is 253 g/mol. The van der Waals surface area contributed by atoms with Crippen LogP contribution in [-0.2, 0) is 14.4 Å². The Morgan fingerprint density at radius 3 is 2.19 bits per heavy atom. The maximum absolute atomic E-state index is 11.1. The molecular weight excluding hydrogens is 242 g/mol. The number of hydrogen-bond donors (Lipinski definition) is 0. The Bertz CT molecular complexity index is 292. The zero-order valence-corrected chi connectivity index (χ0v) is 11.2. The Morgan fingerprint density at radius 1 is 1.38 bits per heavy atom. The van der Waals surface area contributed by atoms with Crippen molar-refractivity contribution in [2.75, 3.05) is 7.05 Å². The van der Waals surface area contributed by atoms with E-state index in [1.54, 1.807) is 0 Å². The normalized spacial score (nSPS) is 10.8. The molecule has 0 saturated carbocycles. The van der Waals surface area contributed by atoms with E-state index in [-0.39, 0.29) is 44.2 Å². The van der Waals surface area contributed by atoms with E-state index in [1.165, 1.54) is 7.05 Å². The zero-order valence-electron chi connectivity index (χ0n) is 8.97. The number of hydrogen-bond acceptors (Lipinski definition) is 5. The smallest absolute Gasteiger partial charge is 0.550 e. The van der Waals surface area contributed by atoms with Crippen LogP contribution in [0.15, 0.2) is 12.7 Å². The molecule has 6 nitrogen and oxygen atoms in total. The van der Waals surface area contributed by atoms with Crippen molar-refractivity contribution in [3.8, 4) is 0 Å². The van der Waals surface area contributed by atoms with Gasteiger partial charge in [0.2, 0.25) is 5.91 Å². The number of amides is 1. The first-order chi connectivity index (χ1) is 6.90. The molecule has 0 bridgehead atoms. The second-order valence-electron chi connectivity index (χ2n) is 2.90. The van der Waals surface area contributed by atoms with Gasteiger partial charge in [-0.2, -0.15) is 0 Å². The van der Waals surface area contributed by atoms with E-state index < -0.39 is 30.3 Å². The predicted octanol–water partition coefficient (Wildman–Crippen LogP) is -3.10. The summed E-state index contributed by atoms with van der Waals surface area (Å²) in [5.41, 5.74) is 0. The van der Waals surface area contributed by atoms with E-state index in [0.29, 0.717) is 0 Å². The first-order valence-electron chi connectivity index (χ1n) is 4.20. The third-order valence-electron chi connectivity index (χ3n) is 1.88. The SMILES string of the molecule is C=CC(=O)N(C)[C@@H](CCC(=O)[O-])C(=O)[O-].[Ca+2]. The van der Waals surface area contributed by atoms with Crippen molar-refractivity contribution in [2.24, 2.45) is 0 Å². The fourth-order valence-electron chi connectivity index (χ4n) is 1.02. The number of likely N-dealkylation sites (N-methyl/N-ethyl adjacent to an activating group) is 1. The van der Waals surface area contributed by atoms with Crippen molar-refractivity contribution in [3.05, 3.63) is 12.7 Å². The maximum atomic E-state index is 11.1. The zero-order chi connectivity index (χ0) is 12.0. The topological polar surface area (TPSA) is 101 Å². The number of carboxylic acid groups (broad SMARTS) is 2. The molecule has 0 aliphatic carbocycles. The molecule has 16 heavy (non-hydrogen) atoms. The molecule has 0 spiro atoms. The fraction of sp³-hybridized carbons (Fsp3) is 0.444. The second kappa shape index (κ2) is 8.55. The van der Waals surface area contributed by atoms with Crippen LogP contribution in [0.2, 0.25) is 0 Å². The average molecular weight is 253 g/mol. The average Bonchev–Trinajstić information content (AvgIpc) is 2.15. The molecule has 1 amide bonds. The van der Waals surface area contributed by atoms with Crippen LogP contribution in [0.1, 0.15) is 12.8 Å². The first-order valence-corrected chi connectivity index (χ1v) is 4.20. The molecule has 0 fully saturated rings. The Morgan fingerprint density at radius 2 is 1.88 bits per heavy atom. The van der Waals surface area contributed by atoms with Crippen LogP contribution in [-0.4, -0.2) is 73.6 Å². The number of rotatable bonds is 6. The molecule has 84 valence electrons. The molecule has 0 aliphatic heterocycles. The van der Waals surface area contributed by atoms with Gasteiger partial charge in [0.25, 0.3) is 0 Å².